The fourth-order valence-electron chi connectivity index (χ4n) is 1.35. The van der Waals surface area contributed by atoms with E-state index in [9.17, 15) is 9.59 Å². The predicted octanol–water partition coefficient (Wildman–Crippen LogP) is 1.46. The van der Waals surface area contributed by atoms with Crippen LogP contribution in [-0.2, 0) is 11.3 Å². The van der Waals surface area contributed by atoms with Gasteiger partial charge in [0, 0.05) is 25.1 Å². The zero-order valence-electron chi connectivity index (χ0n) is 10.4. The number of hydrogen-bond acceptors (Lipinski definition) is 2. The van der Waals surface area contributed by atoms with E-state index in [0.717, 1.165) is 5.56 Å². The van der Waals surface area contributed by atoms with E-state index in [-0.39, 0.29) is 17.9 Å². The molecule has 0 atom stereocenters. The van der Waals surface area contributed by atoms with Gasteiger partial charge in [0.15, 0.2) is 0 Å². The van der Waals surface area contributed by atoms with Crippen molar-refractivity contribution in [3.05, 3.63) is 35.4 Å². The van der Waals surface area contributed by atoms with Crippen molar-refractivity contribution in [2.75, 3.05) is 0 Å². The summed E-state index contributed by atoms with van der Waals surface area (Å²) in [6, 6.07) is 7.32. The van der Waals surface area contributed by atoms with Gasteiger partial charge in [0.05, 0.1) is 0 Å². The first-order valence-corrected chi connectivity index (χ1v) is 5.63. The topological polar surface area (TPSA) is 58.2 Å². The van der Waals surface area contributed by atoms with Gasteiger partial charge in [-0.25, -0.2) is 0 Å². The van der Waals surface area contributed by atoms with Gasteiger partial charge in [-0.05, 0) is 31.5 Å². The molecule has 1 rings (SSSR count). The van der Waals surface area contributed by atoms with Crippen LogP contribution < -0.4 is 10.6 Å². The van der Waals surface area contributed by atoms with Gasteiger partial charge in [0.25, 0.3) is 5.91 Å². The summed E-state index contributed by atoms with van der Waals surface area (Å²) in [4.78, 5) is 22.4. The van der Waals surface area contributed by atoms with Crippen molar-refractivity contribution in [2.45, 2.75) is 33.4 Å². The van der Waals surface area contributed by atoms with Crippen LogP contribution in [0.1, 0.15) is 36.7 Å². The van der Waals surface area contributed by atoms with Gasteiger partial charge in [0.2, 0.25) is 5.91 Å². The Morgan fingerprint density at radius 3 is 2.24 bits per heavy atom. The van der Waals surface area contributed by atoms with Crippen molar-refractivity contribution in [1.82, 2.24) is 10.6 Å². The maximum Gasteiger partial charge on any atom is 0.251 e. The van der Waals surface area contributed by atoms with E-state index in [2.05, 4.69) is 10.6 Å². The van der Waals surface area contributed by atoms with Crippen LogP contribution in [0, 0.1) is 0 Å². The molecule has 1 aromatic rings. The molecule has 0 aliphatic rings. The van der Waals surface area contributed by atoms with Crippen molar-refractivity contribution < 1.29 is 9.59 Å². The molecular weight excluding hydrogens is 216 g/mol. The molecule has 4 heteroatoms. The van der Waals surface area contributed by atoms with Crippen LogP contribution in [0.25, 0.3) is 0 Å². The quantitative estimate of drug-likeness (QED) is 0.828. The summed E-state index contributed by atoms with van der Waals surface area (Å²) in [7, 11) is 0. The summed E-state index contributed by atoms with van der Waals surface area (Å²) in [5, 5.41) is 5.52. The monoisotopic (exact) mass is 234 g/mol. The third-order valence-corrected chi connectivity index (χ3v) is 2.18. The average molecular weight is 234 g/mol. The van der Waals surface area contributed by atoms with Crippen molar-refractivity contribution in [3.8, 4) is 0 Å². The first-order chi connectivity index (χ1) is 7.99. The van der Waals surface area contributed by atoms with Gasteiger partial charge >= 0.3 is 0 Å². The number of benzene rings is 1. The van der Waals surface area contributed by atoms with E-state index in [1.54, 1.807) is 12.1 Å². The van der Waals surface area contributed by atoms with E-state index in [1.165, 1.54) is 6.92 Å². The number of hydrogen-bond donors (Lipinski definition) is 2. The molecular formula is C13H18N2O2. The summed E-state index contributed by atoms with van der Waals surface area (Å²) >= 11 is 0. The van der Waals surface area contributed by atoms with Crippen molar-refractivity contribution in [1.29, 1.82) is 0 Å². The number of carbonyl (C=O) groups excluding carboxylic acids is 2. The summed E-state index contributed by atoms with van der Waals surface area (Å²) in [5.41, 5.74) is 1.60. The van der Waals surface area contributed by atoms with Gasteiger partial charge in [-0.15, -0.1) is 0 Å². The van der Waals surface area contributed by atoms with Gasteiger partial charge in [-0.2, -0.15) is 0 Å². The zero-order chi connectivity index (χ0) is 12.8. The third-order valence-electron chi connectivity index (χ3n) is 2.18. The van der Waals surface area contributed by atoms with Crippen LogP contribution >= 0.6 is 0 Å². The smallest absolute Gasteiger partial charge is 0.251 e. The predicted molar refractivity (Wildman–Crippen MR) is 66.6 cm³/mol. The lowest BCUT2D eigenvalue weighted by atomic mass is 10.1. The molecule has 0 saturated heterocycles. The third kappa shape index (κ3) is 4.68. The Labute approximate surface area is 101 Å². The summed E-state index contributed by atoms with van der Waals surface area (Å²) in [6.07, 6.45) is 0. The molecule has 92 valence electrons. The number of carbonyl (C=O) groups is 2. The van der Waals surface area contributed by atoms with Gasteiger partial charge in [-0.1, -0.05) is 12.1 Å². The van der Waals surface area contributed by atoms with Crippen LogP contribution in [0.5, 0.6) is 0 Å². The normalized spacial score (nSPS) is 10.1. The van der Waals surface area contributed by atoms with E-state index in [0.29, 0.717) is 12.1 Å². The molecule has 0 fully saturated rings. The van der Waals surface area contributed by atoms with E-state index in [4.69, 9.17) is 0 Å². The molecule has 0 spiro atoms. The van der Waals surface area contributed by atoms with E-state index in [1.807, 2.05) is 26.0 Å². The summed E-state index contributed by atoms with van der Waals surface area (Å²) in [6.45, 7) is 5.80. The molecule has 0 aromatic heterocycles. The SMILES string of the molecule is CC(=O)NCc1ccc(C(=O)NC(C)C)cc1. The van der Waals surface area contributed by atoms with Crippen LogP contribution in [0.3, 0.4) is 0 Å². The van der Waals surface area contributed by atoms with Crippen LogP contribution in [0.2, 0.25) is 0 Å². The lowest BCUT2D eigenvalue weighted by Gasteiger charge is -2.09. The average Bonchev–Trinajstić information content (AvgIpc) is 2.26. The van der Waals surface area contributed by atoms with Crippen molar-refractivity contribution >= 4 is 11.8 Å². The summed E-state index contributed by atoms with van der Waals surface area (Å²) < 4.78 is 0. The fraction of sp³-hybridized carbons (Fsp3) is 0.385. The molecule has 0 radical (unpaired) electrons. The van der Waals surface area contributed by atoms with E-state index >= 15 is 0 Å². The van der Waals surface area contributed by atoms with Gasteiger partial charge < -0.3 is 10.6 Å². The Bertz CT molecular complexity index is 396. The molecule has 0 aliphatic heterocycles. The van der Waals surface area contributed by atoms with Crippen LogP contribution in [-0.4, -0.2) is 17.9 Å². The number of amides is 2. The second-order valence-corrected chi connectivity index (χ2v) is 4.23. The molecule has 17 heavy (non-hydrogen) atoms. The molecule has 1 aromatic carbocycles. The van der Waals surface area contributed by atoms with Crippen molar-refractivity contribution in [2.24, 2.45) is 0 Å². The molecule has 2 amide bonds. The zero-order valence-corrected chi connectivity index (χ0v) is 10.4. The highest BCUT2D eigenvalue weighted by atomic mass is 16.2. The highest BCUT2D eigenvalue weighted by Crippen LogP contribution is 2.04. The first kappa shape index (κ1) is 13.2. The molecule has 2 N–H and O–H groups in total. The van der Waals surface area contributed by atoms with Crippen LogP contribution in [0.4, 0.5) is 0 Å². The first-order valence-electron chi connectivity index (χ1n) is 5.63. The molecule has 0 saturated carbocycles. The molecule has 0 unspecified atom stereocenters. The van der Waals surface area contributed by atoms with Gasteiger partial charge in [-0.3, -0.25) is 9.59 Å². The Kier molecular flexibility index (Phi) is 4.69. The number of nitrogens with one attached hydrogen (secondary N) is 2. The molecule has 4 nitrogen and oxygen atoms in total. The minimum atomic E-state index is -0.0777. The number of rotatable bonds is 4. The molecule has 0 aliphatic carbocycles. The Balaban J connectivity index is 2.61. The minimum Gasteiger partial charge on any atom is -0.352 e. The Morgan fingerprint density at radius 2 is 1.76 bits per heavy atom. The van der Waals surface area contributed by atoms with Crippen LogP contribution in [0.15, 0.2) is 24.3 Å². The largest absolute Gasteiger partial charge is 0.352 e. The lowest BCUT2D eigenvalue weighted by Crippen LogP contribution is -2.30. The Morgan fingerprint density at radius 1 is 1.18 bits per heavy atom. The maximum atomic E-state index is 11.7. The van der Waals surface area contributed by atoms with E-state index < -0.39 is 0 Å². The summed E-state index contributed by atoms with van der Waals surface area (Å²) in [5.74, 6) is -0.141. The fourth-order valence-corrected chi connectivity index (χ4v) is 1.35. The highest BCUT2D eigenvalue weighted by molar-refractivity contribution is 5.94. The Hall–Kier alpha value is -1.84. The van der Waals surface area contributed by atoms with Crippen molar-refractivity contribution in [3.63, 3.8) is 0 Å². The molecule has 0 heterocycles. The second kappa shape index (κ2) is 6.03. The second-order valence-electron chi connectivity index (χ2n) is 4.23. The minimum absolute atomic E-state index is 0.0633. The molecule has 0 bridgehead atoms. The highest BCUT2D eigenvalue weighted by Gasteiger charge is 2.06. The van der Waals surface area contributed by atoms with Gasteiger partial charge in [0.1, 0.15) is 0 Å². The lowest BCUT2D eigenvalue weighted by molar-refractivity contribution is -0.119. The standard InChI is InChI=1S/C13H18N2O2/c1-9(2)15-13(17)12-6-4-11(5-7-12)8-14-10(3)16/h4-7,9H,8H2,1-3H3,(H,14,16)(H,15,17). The maximum absolute atomic E-state index is 11.7.